The SMILES string of the molecule is CN(C(=O)Cc1c[nH]c2ncccc12)C1CCN(CCc2ccccn2)CC1. The molecule has 0 unspecified atom stereocenters. The van der Waals surface area contributed by atoms with Crippen LogP contribution in [0, 0.1) is 0 Å². The van der Waals surface area contributed by atoms with E-state index < -0.39 is 0 Å². The zero-order valence-corrected chi connectivity index (χ0v) is 16.3. The summed E-state index contributed by atoms with van der Waals surface area (Å²) in [5.74, 6) is 0.177. The van der Waals surface area contributed by atoms with Gasteiger partial charge in [-0.3, -0.25) is 9.78 Å². The normalized spacial score (nSPS) is 15.8. The number of aromatic amines is 1. The summed E-state index contributed by atoms with van der Waals surface area (Å²) in [4.78, 5) is 29.1. The standard InChI is InChI=1S/C22H27N5O/c1-26(21(28)15-17-16-25-22-20(17)6-4-11-24-22)19-8-13-27(14-9-19)12-7-18-5-2-3-10-23-18/h2-6,10-11,16,19H,7-9,12-15H2,1H3,(H,24,25). The van der Waals surface area contributed by atoms with E-state index in [2.05, 4.69) is 25.9 Å². The number of carbonyl (C=O) groups excluding carboxylic acids is 1. The van der Waals surface area contributed by atoms with Crippen molar-refractivity contribution in [1.82, 2.24) is 24.8 Å². The molecular weight excluding hydrogens is 350 g/mol. The first kappa shape index (κ1) is 18.6. The van der Waals surface area contributed by atoms with E-state index in [4.69, 9.17) is 0 Å². The molecule has 0 bridgehead atoms. The van der Waals surface area contributed by atoms with E-state index in [9.17, 15) is 4.79 Å². The van der Waals surface area contributed by atoms with Gasteiger partial charge in [-0.25, -0.2) is 4.98 Å². The molecule has 3 aromatic rings. The van der Waals surface area contributed by atoms with Gasteiger partial charge < -0.3 is 14.8 Å². The lowest BCUT2D eigenvalue weighted by Crippen LogP contribution is -2.46. The molecule has 1 saturated heterocycles. The molecule has 1 amide bonds. The van der Waals surface area contributed by atoms with Gasteiger partial charge in [0.2, 0.25) is 5.91 Å². The van der Waals surface area contributed by atoms with E-state index in [0.29, 0.717) is 12.5 Å². The molecule has 146 valence electrons. The predicted octanol–water partition coefficient (Wildman–Crippen LogP) is 2.67. The van der Waals surface area contributed by atoms with Crippen molar-refractivity contribution in [2.75, 3.05) is 26.7 Å². The summed E-state index contributed by atoms with van der Waals surface area (Å²) >= 11 is 0. The molecule has 4 rings (SSSR count). The first-order valence-corrected chi connectivity index (χ1v) is 9.99. The highest BCUT2D eigenvalue weighted by molar-refractivity contribution is 5.87. The van der Waals surface area contributed by atoms with Crippen LogP contribution >= 0.6 is 0 Å². The minimum Gasteiger partial charge on any atom is -0.346 e. The maximum atomic E-state index is 12.8. The molecule has 4 heterocycles. The maximum Gasteiger partial charge on any atom is 0.227 e. The van der Waals surface area contributed by atoms with Gasteiger partial charge in [-0.1, -0.05) is 6.07 Å². The minimum atomic E-state index is 0.177. The molecule has 6 nitrogen and oxygen atoms in total. The summed E-state index contributed by atoms with van der Waals surface area (Å²) in [6, 6.07) is 10.3. The molecule has 3 aromatic heterocycles. The van der Waals surface area contributed by atoms with Gasteiger partial charge in [0, 0.05) is 68.8 Å². The predicted molar refractivity (Wildman–Crippen MR) is 110 cm³/mol. The number of H-pyrrole nitrogens is 1. The second-order valence-corrected chi connectivity index (χ2v) is 7.54. The quantitative estimate of drug-likeness (QED) is 0.717. The number of likely N-dealkylation sites (tertiary alicyclic amines) is 1. The Hall–Kier alpha value is -2.73. The van der Waals surface area contributed by atoms with Crippen LogP contribution < -0.4 is 0 Å². The second-order valence-electron chi connectivity index (χ2n) is 7.54. The highest BCUT2D eigenvalue weighted by Gasteiger charge is 2.25. The third-order valence-electron chi connectivity index (χ3n) is 5.79. The van der Waals surface area contributed by atoms with Gasteiger partial charge >= 0.3 is 0 Å². The number of carbonyl (C=O) groups is 1. The van der Waals surface area contributed by atoms with Crippen molar-refractivity contribution in [3.05, 3.63) is 60.2 Å². The number of aromatic nitrogens is 3. The van der Waals surface area contributed by atoms with Gasteiger partial charge in [0.05, 0.1) is 6.42 Å². The molecule has 0 spiro atoms. The lowest BCUT2D eigenvalue weighted by Gasteiger charge is -2.36. The van der Waals surface area contributed by atoms with E-state index in [1.807, 2.05) is 48.6 Å². The van der Waals surface area contributed by atoms with E-state index in [0.717, 1.165) is 61.2 Å². The van der Waals surface area contributed by atoms with Gasteiger partial charge in [-0.05, 0) is 42.7 Å². The van der Waals surface area contributed by atoms with Crippen LogP contribution in [0.4, 0.5) is 0 Å². The van der Waals surface area contributed by atoms with Crippen molar-refractivity contribution in [1.29, 1.82) is 0 Å². The van der Waals surface area contributed by atoms with Crippen LogP contribution in [0.1, 0.15) is 24.1 Å². The van der Waals surface area contributed by atoms with Crippen LogP contribution in [-0.2, 0) is 17.6 Å². The van der Waals surface area contributed by atoms with Crippen molar-refractivity contribution < 1.29 is 4.79 Å². The van der Waals surface area contributed by atoms with Crippen LogP contribution in [0.25, 0.3) is 11.0 Å². The molecule has 0 saturated carbocycles. The molecule has 1 fully saturated rings. The van der Waals surface area contributed by atoms with Gasteiger partial charge in [0.15, 0.2) is 0 Å². The highest BCUT2D eigenvalue weighted by atomic mass is 16.2. The third kappa shape index (κ3) is 4.22. The van der Waals surface area contributed by atoms with E-state index in [1.54, 1.807) is 6.20 Å². The Kier molecular flexibility index (Phi) is 5.67. The van der Waals surface area contributed by atoms with Crippen LogP contribution in [-0.4, -0.2) is 63.4 Å². The second kappa shape index (κ2) is 8.52. The van der Waals surface area contributed by atoms with Crippen molar-refractivity contribution in [3.8, 4) is 0 Å². The molecule has 1 aliphatic heterocycles. The molecule has 0 aromatic carbocycles. The minimum absolute atomic E-state index is 0.177. The molecular formula is C22H27N5O. The number of rotatable bonds is 6. The number of hydrogen-bond donors (Lipinski definition) is 1. The van der Waals surface area contributed by atoms with Crippen molar-refractivity contribution >= 4 is 16.9 Å². The number of pyridine rings is 2. The average Bonchev–Trinajstić information content (AvgIpc) is 3.16. The zero-order chi connectivity index (χ0) is 19.3. The van der Waals surface area contributed by atoms with E-state index >= 15 is 0 Å². The van der Waals surface area contributed by atoms with Crippen LogP contribution in [0.15, 0.2) is 48.9 Å². The number of hydrogen-bond acceptors (Lipinski definition) is 4. The topological polar surface area (TPSA) is 65.1 Å². The molecule has 1 aliphatic rings. The molecule has 28 heavy (non-hydrogen) atoms. The van der Waals surface area contributed by atoms with Crippen molar-refractivity contribution in [3.63, 3.8) is 0 Å². The summed E-state index contributed by atoms with van der Waals surface area (Å²) in [6.45, 7) is 3.10. The Morgan fingerprint density at radius 2 is 2.00 bits per heavy atom. The van der Waals surface area contributed by atoms with Gasteiger partial charge in [-0.15, -0.1) is 0 Å². The number of amides is 1. The fourth-order valence-corrected chi connectivity index (χ4v) is 4.00. The number of fused-ring (bicyclic) bond motifs is 1. The van der Waals surface area contributed by atoms with Crippen LogP contribution in [0.2, 0.25) is 0 Å². The molecule has 0 aliphatic carbocycles. The Bertz CT molecular complexity index is 915. The first-order chi connectivity index (χ1) is 13.7. The molecule has 0 atom stereocenters. The number of nitrogens with zero attached hydrogens (tertiary/aromatic N) is 4. The van der Waals surface area contributed by atoms with Crippen LogP contribution in [0.5, 0.6) is 0 Å². The summed E-state index contributed by atoms with van der Waals surface area (Å²) in [7, 11) is 1.95. The van der Waals surface area contributed by atoms with Crippen molar-refractivity contribution in [2.24, 2.45) is 0 Å². The van der Waals surface area contributed by atoms with Gasteiger partial charge in [0.1, 0.15) is 5.65 Å². The Morgan fingerprint density at radius 3 is 2.79 bits per heavy atom. The molecule has 0 radical (unpaired) electrons. The smallest absolute Gasteiger partial charge is 0.227 e. The van der Waals surface area contributed by atoms with Crippen molar-refractivity contribution in [2.45, 2.75) is 31.7 Å². The summed E-state index contributed by atoms with van der Waals surface area (Å²) in [6.07, 6.45) is 8.98. The fourth-order valence-electron chi connectivity index (χ4n) is 4.00. The zero-order valence-electron chi connectivity index (χ0n) is 16.3. The number of likely N-dealkylation sites (N-methyl/N-ethyl adjacent to an activating group) is 1. The van der Waals surface area contributed by atoms with Gasteiger partial charge in [-0.2, -0.15) is 0 Å². The highest BCUT2D eigenvalue weighted by Crippen LogP contribution is 2.20. The monoisotopic (exact) mass is 377 g/mol. The number of piperidine rings is 1. The summed E-state index contributed by atoms with van der Waals surface area (Å²) in [5, 5.41) is 1.04. The molecule has 1 N–H and O–H groups in total. The Morgan fingerprint density at radius 1 is 1.18 bits per heavy atom. The van der Waals surface area contributed by atoms with Gasteiger partial charge in [0.25, 0.3) is 0 Å². The fraction of sp³-hybridized carbons (Fsp3) is 0.409. The Balaban J connectivity index is 1.27. The average molecular weight is 377 g/mol. The lowest BCUT2D eigenvalue weighted by atomic mass is 10.0. The number of nitrogens with one attached hydrogen (secondary N) is 1. The first-order valence-electron chi connectivity index (χ1n) is 9.99. The van der Waals surface area contributed by atoms with E-state index in [1.165, 1.54) is 0 Å². The molecule has 6 heteroatoms. The lowest BCUT2D eigenvalue weighted by molar-refractivity contribution is -0.132. The third-order valence-corrected chi connectivity index (χ3v) is 5.79. The summed E-state index contributed by atoms with van der Waals surface area (Å²) < 4.78 is 0. The summed E-state index contributed by atoms with van der Waals surface area (Å²) in [5.41, 5.74) is 3.01. The van der Waals surface area contributed by atoms with Crippen LogP contribution in [0.3, 0.4) is 0 Å². The largest absolute Gasteiger partial charge is 0.346 e. The maximum absolute atomic E-state index is 12.8. The Labute approximate surface area is 165 Å². The van der Waals surface area contributed by atoms with E-state index in [-0.39, 0.29) is 5.91 Å².